The van der Waals surface area contributed by atoms with E-state index in [0.29, 0.717) is 11.4 Å². The molecule has 2 aromatic carbocycles. The van der Waals surface area contributed by atoms with Crippen LogP contribution in [0, 0.1) is 4.91 Å². The zero-order chi connectivity index (χ0) is 17.4. The summed E-state index contributed by atoms with van der Waals surface area (Å²) in [6.45, 7) is 1.42. The molecule has 2 N–H and O–H groups in total. The molecule has 0 spiro atoms. The quantitative estimate of drug-likeness (QED) is 0.483. The third-order valence-corrected chi connectivity index (χ3v) is 3.18. The Morgan fingerprint density at radius 3 is 2.38 bits per heavy atom. The van der Waals surface area contributed by atoms with Crippen LogP contribution in [0.4, 0.5) is 10.5 Å². The molecular formula is C17H17N3O4. The van der Waals surface area contributed by atoms with Crippen molar-refractivity contribution < 1.29 is 14.3 Å². The molecule has 0 radical (unpaired) electrons. The highest BCUT2D eigenvalue weighted by atomic mass is 16.5. The van der Waals surface area contributed by atoms with Gasteiger partial charge >= 0.3 is 12.0 Å². The van der Waals surface area contributed by atoms with Crippen molar-refractivity contribution in [2.75, 3.05) is 11.9 Å². The van der Waals surface area contributed by atoms with Crippen LogP contribution >= 0.6 is 0 Å². The minimum atomic E-state index is -0.572. The first-order chi connectivity index (χ1) is 11.6. The van der Waals surface area contributed by atoms with Gasteiger partial charge in [-0.1, -0.05) is 35.5 Å². The lowest BCUT2D eigenvalue weighted by Crippen LogP contribution is -2.35. The number of nitrogens with one attached hydrogen (secondary N) is 2. The minimum absolute atomic E-state index is 0.259. The molecule has 0 aliphatic heterocycles. The fourth-order valence-electron chi connectivity index (χ4n) is 1.89. The smallest absolute Gasteiger partial charge is 0.330 e. The summed E-state index contributed by atoms with van der Waals surface area (Å²) < 4.78 is 5.05. The van der Waals surface area contributed by atoms with E-state index in [-0.39, 0.29) is 6.54 Å². The van der Waals surface area contributed by atoms with Crippen LogP contribution in [0.2, 0.25) is 0 Å². The Morgan fingerprint density at radius 2 is 1.75 bits per heavy atom. The van der Waals surface area contributed by atoms with E-state index in [1.165, 1.54) is 0 Å². The highest BCUT2D eigenvalue weighted by Crippen LogP contribution is 2.18. The van der Waals surface area contributed by atoms with Gasteiger partial charge in [-0.05, 0) is 36.8 Å². The maximum Gasteiger partial charge on any atom is 0.330 e. The van der Waals surface area contributed by atoms with Crippen LogP contribution in [0.5, 0.6) is 5.75 Å². The lowest BCUT2D eigenvalue weighted by molar-refractivity contribution is -0.133. The van der Waals surface area contributed by atoms with E-state index in [1.807, 2.05) is 0 Å². The number of rotatable bonds is 6. The lowest BCUT2D eigenvalue weighted by Gasteiger charge is -2.09. The van der Waals surface area contributed by atoms with Gasteiger partial charge in [0.25, 0.3) is 0 Å². The Morgan fingerprint density at radius 1 is 1.08 bits per heavy atom. The van der Waals surface area contributed by atoms with Gasteiger partial charge < -0.3 is 15.4 Å². The van der Waals surface area contributed by atoms with E-state index in [0.717, 1.165) is 5.56 Å². The Kier molecular flexibility index (Phi) is 6.01. The summed E-state index contributed by atoms with van der Waals surface area (Å²) >= 11 is 0. The van der Waals surface area contributed by atoms with Gasteiger partial charge in [0.05, 0.1) is 0 Å². The zero-order valence-corrected chi connectivity index (χ0v) is 13.1. The maximum absolute atomic E-state index is 11.7. The predicted molar refractivity (Wildman–Crippen MR) is 89.8 cm³/mol. The van der Waals surface area contributed by atoms with Gasteiger partial charge in [-0.15, -0.1) is 0 Å². The molecule has 2 rings (SSSR count). The summed E-state index contributed by atoms with van der Waals surface area (Å²) in [4.78, 5) is 33.8. The first kappa shape index (κ1) is 17.1. The number of anilines is 1. The van der Waals surface area contributed by atoms with Crippen molar-refractivity contribution in [3.05, 3.63) is 65.1 Å². The summed E-state index contributed by atoms with van der Waals surface area (Å²) in [6.07, 6.45) is 0. The summed E-state index contributed by atoms with van der Waals surface area (Å²) in [5, 5.41) is 7.92. The Balaban J connectivity index is 1.78. The van der Waals surface area contributed by atoms with Crippen LogP contribution in [-0.2, 0) is 4.79 Å². The number of esters is 1. The van der Waals surface area contributed by atoms with Crippen molar-refractivity contribution >= 4 is 17.7 Å². The monoisotopic (exact) mass is 327 g/mol. The number of nitrogens with zero attached hydrogens (tertiary/aromatic N) is 1. The first-order valence-electron chi connectivity index (χ1n) is 7.31. The van der Waals surface area contributed by atoms with Crippen molar-refractivity contribution in [2.24, 2.45) is 5.18 Å². The van der Waals surface area contributed by atoms with E-state index >= 15 is 0 Å². The van der Waals surface area contributed by atoms with Gasteiger partial charge in [-0.25, -0.2) is 9.59 Å². The Hall–Kier alpha value is -3.22. The van der Waals surface area contributed by atoms with Gasteiger partial charge in [-0.2, -0.15) is 4.91 Å². The number of benzene rings is 2. The highest BCUT2D eigenvalue weighted by molar-refractivity contribution is 5.91. The summed E-state index contributed by atoms with van der Waals surface area (Å²) in [7, 11) is 0. The van der Waals surface area contributed by atoms with Crippen LogP contribution in [0.25, 0.3) is 0 Å². The number of nitroso groups, excluding NO2 is 1. The van der Waals surface area contributed by atoms with Crippen LogP contribution in [-0.4, -0.2) is 18.5 Å². The largest absolute Gasteiger partial charge is 0.425 e. The van der Waals surface area contributed by atoms with Crippen molar-refractivity contribution in [1.29, 1.82) is 0 Å². The second-order valence-corrected chi connectivity index (χ2v) is 5.00. The molecule has 0 heterocycles. The number of carbonyl (C=O) groups is 2. The molecule has 2 aromatic rings. The Labute approximate surface area is 139 Å². The molecule has 0 aromatic heterocycles. The van der Waals surface area contributed by atoms with E-state index in [4.69, 9.17) is 4.74 Å². The third-order valence-electron chi connectivity index (χ3n) is 3.18. The number of amides is 2. The number of para-hydroxylation sites is 1. The average Bonchev–Trinajstić information content (AvgIpc) is 2.61. The second kappa shape index (κ2) is 8.42. The van der Waals surface area contributed by atoms with Crippen LogP contribution in [0.15, 0.2) is 59.8 Å². The molecule has 1 unspecified atom stereocenters. The van der Waals surface area contributed by atoms with Crippen LogP contribution in [0.1, 0.15) is 18.5 Å². The molecule has 7 nitrogen and oxygen atoms in total. The average molecular weight is 327 g/mol. The predicted octanol–water partition coefficient (Wildman–Crippen LogP) is 3.24. The van der Waals surface area contributed by atoms with E-state index in [2.05, 4.69) is 15.8 Å². The molecule has 0 fully saturated rings. The molecule has 0 bridgehead atoms. The van der Waals surface area contributed by atoms with E-state index < -0.39 is 18.0 Å². The van der Waals surface area contributed by atoms with Crippen molar-refractivity contribution in [1.82, 2.24) is 5.32 Å². The normalized spacial score (nSPS) is 11.2. The van der Waals surface area contributed by atoms with Crippen molar-refractivity contribution in [3.63, 3.8) is 0 Å². The molecule has 2 amide bonds. The number of carbonyl (C=O) groups excluding carboxylic acids is 2. The molecular weight excluding hydrogens is 310 g/mol. The number of hydrogen-bond donors (Lipinski definition) is 2. The summed E-state index contributed by atoms with van der Waals surface area (Å²) in [5.74, 6) is -0.157. The van der Waals surface area contributed by atoms with Gasteiger partial charge in [-0.3, -0.25) is 0 Å². The maximum atomic E-state index is 11.7. The fraction of sp³-hybridized carbons (Fsp3) is 0.176. The van der Waals surface area contributed by atoms with Gasteiger partial charge in [0.2, 0.25) is 0 Å². The molecule has 1 atom stereocenters. The SMILES string of the molecule is CC(N=O)c1ccc(NC(=O)NCC(=O)Oc2ccccc2)cc1. The van der Waals surface area contributed by atoms with Crippen molar-refractivity contribution in [2.45, 2.75) is 13.0 Å². The topological polar surface area (TPSA) is 96.9 Å². The molecule has 124 valence electrons. The van der Waals surface area contributed by atoms with Crippen molar-refractivity contribution in [3.8, 4) is 5.75 Å². The third kappa shape index (κ3) is 5.20. The molecule has 7 heteroatoms. The van der Waals surface area contributed by atoms with E-state index in [9.17, 15) is 14.5 Å². The highest BCUT2D eigenvalue weighted by Gasteiger charge is 2.09. The molecule has 0 aliphatic carbocycles. The fourth-order valence-corrected chi connectivity index (χ4v) is 1.89. The molecule has 24 heavy (non-hydrogen) atoms. The molecule has 0 saturated carbocycles. The summed E-state index contributed by atoms with van der Waals surface area (Å²) in [6, 6.07) is 14.3. The number of ether oxygens (including phenoxy) is 1. The zero-order valence-electron chi connectivity index (χ0n) is 13.1. The Bertz CT molecular complexity index is 702. The molecule has 0 saturated heterocycles. The number of hydrogen-bond acceptors (Lipinski definition) is 5. The summed E-state index contributed by atoms with van der Waals surface area (Å²) in [5.41, 5.74) is 1.29. The number of urea groups is 1. The first-order valence-corrected chi connectivity index (χ1v) is 7.31. The van der Waals surface area contributed by atoms with Gasteiger partial charge in [0.15, 0.2) is 0 Å². The van der Waals surface area contributed by atoms with Crippen LogP contribution in [0.3, 0.4) is 0 Å². The lowest BCUT2D eigenvalue weighted by atomic mass is 10.1. The second-order valence-electron chi connectivity index (χ2n) is 5.00. The van der Waals surface area contributed by atoms with E-state index in [1.54, 1.807) is 61.5 Å². The van der Waals surface area contributed by atoms with Gasteiger partial charge in [0.1, 0.15) is 18.3 Å². The molecule has 0 aliphatic rings. The van der Waals surface area contributed by atoms with Gasteiger partial charge in [0, 0.05) is 5.69 Å². The minimum Gasteiger partial charge on any atom is -0.425 e. The standard InChI is InChI=1S/C17H17N3O4/c1-12(20-23)13-7-9-14(10-8-13)19-17(22)18-11-16(21)24-15-5-3-2-4-6-15/h2-10,12H,11H2,1H3,(H2,18,19,22). The van der Waals surface area contributed by atoms with Crippen LogP contribution < -0.4 is 15.4 Å².